The lowest BCUT2D eigenvalue weighted by molar-refractivity contribution is 0.102. The highest BCUT2D eigenvalue weighted by molar-refractivity contribution is 7.89. The lowest BCUT2D eigenvalue weighted by Crippen LogP contribution is -2.25. The number of sulfonamides is 1. The number of nitrogens with two attached hydrogens (primary N) is 1. The quantitative estimate of drug-likeness (QED) is 0.682. The van der Waals surface area contributed by atoms with Crippen molar-refractivity contribution in [2.45, 2.75) is 30.3 Å². The molecule has 1 aliphatic rings. The predicted octanol–water partition coefficient (Wildman–Crippen LogP) is 1.44. The molecule has 1 aromatic heterocycles. The van der Waals surface area contributed by atoms with Crippen LogP contribution in [0.2, 0.25) is 0 Å². The highest BCUT2D eigenvalue weighted by Gasteiger charge is 2.28. The van der Waals surface area contributed by atoms with Gasteiger partial charge in [-0.1, -0.05) is 0 Å². The first-order valence-electron chi connectivity index (χ1n) is 7.72. The predicted molar refractivity (Wildman–Crippen MR) is 90.9 cm³/mol. The van der Waals surface area contributed by atoms with E-state index in [2.05, 4.69) is 10.0 Å². The van der Waals surface area contributed by atoms with Crippen LogP contribution in [0, 0.1) is 0 Å². The maximum absolute atomic E-state index is 12.3. The normalized spacial score (nSPS) is 14.3. The first-order chi connectivity index (χ1) is 11.9. The van der Waals surface area contributed by atoms with E-state index < -0.39 is 15.9 Å². The summed E-state index contributed by atoms with van der Waals surface area (Å²) in [5, 5.41) is 2.64. The van der Waals surface area contributed by atoms with E-state index in [9.17, 15) is 13.2 Å². The molecular weight excluding hydrogens is 346 g/mol. The molecule has 3 rings (SSSR count). The molecule has 0 unspecified atom stereocenters. The number of carbonyl (C=O) groups is 1. The number of benzene rings is 1. The van der Waals surface area contributed by atoms with E-state index in [0.29, 0.717) is 11.5 Å². The molecule has 9 heteroatoms. The Balaban J connectivity index is 1.85. The fraction of sp³-hybridized carbons (Fsp3) is 0.312. The average Bonchev–Trinajstić information content (AvgIpc) is 3.25. The number of amides is 1. The van der Waals surface area contributed by atoms with Gasteiger partial charge in [0.15, 0.2) is 0 Å². The van der Waals surface area contributed by atoms with Crippen molar-refractivity contribution in [1.82, 2.24) is 4.72 Å². The lowest BCUT2D eigenvalue weighted by Gasteiger charge is -2.12. The number of nitrogens with one attached hydrogen (secondary N) is 2. The summed E-state index contributed by atoms with van der Waals surface area (Å²) in [6.07, 6.45) is 2.96. The second-order valence-electron chi connectivity index (χ2n) is 5.72. The Hall–Kier alpha value is -2.36. The van der Waals surface area contributed by atoms with E-state index in [1.165, 1.54) is 37.6 Å². The van der Waals surface area contributed by atoms with Gasteiger partial charge in [-0.15, -0.1) is 0 Å². The molecular formula is C16H19N3O5S. The number of rotatable bonds is 7. The van der Waals surface area contributed by atoms with Gasteiger partial charge in [-0.2, -0.15) is 0 Å². The minimum Gasteiger partial charge on any atom is -0.495 e. The largest absolute Gasteiger partial charge is 0.495 e. The highest BCUT2D eigenvalue weighted by atomic mass is 32.2. The number of methoxy groups -OCH3 is 1. The van der Waals surface area contributed by atoms with Crippen molar-refractivity contribution in [3.8, 4) is 5.75 Å². The van der Waals surface area contributed by atoms with Crippen LogP contribution < -0.4 is 20.5 Å². The zero-order chi connectivity index (χ0) is 18.0. The van der Waals surface area contributed by atoms with Crippen molar-refractivity contribution in [3.63, 3.8) is 0 Å². The fourth-order valence-electron chi connectivity index (χ4n) is 2.24. The Morgan fingerprint density at radius 2 is 2.12 bits per heavy atom. The van der Waals surface area contributed by atoms with Gasteiger partial charge >= 0.3 is 0 Å². The van der Waals surface area contributed by atoms with Crippen LogP contribution in [0.4, 0.5) is 5.69 Å². The second-order valence-corrected chi connectivity index (χ2v) is 7.43. The van der Waals surface area contributed by atoms with Crippen LogP contribution in [0.15, 0.2) is 39.8 Å². The van der Waals surface area contributed by atoms with Crippen molar-refractivity contribution < 1.29 is 22.4 Å². The molecule has 0 aliphatic heterocycles. The van der Waals surface area contributed by atoms with Gasteiger partial charge in [0.2, 0.25) is 10.0 Å². The SMILES string of the molecule is COc1ccc(S(=O)(=O)NC2CC2)cc1NC(=O)c1coc(CN)c1. The van der Waals surface area contributed by atoms with Gasteiger partial charge in [0.25, 0.3) is 5.91 Å². The first-order valence-corrected chi connectivity index (χ1v) is 9.20. The zero-order valence-electron chi connectivity index (χ0n) is 13.6. The first kappa shape index (κ1) is 17.5. The smallest absolute Gasteiger partial charge is 0.259 e. The Bertz CT molecular complexity index is 887. The molecule has 0 radical (unpaired) electrons. The van der Waals surface area contributed by atoms with Gasteiger partial charge in [-0.3, -0.25) is 4.79 Å². The number of ether oxygens (including phenoxy) is 1. The summed E-state index contributed by atoms with van der Waals surface area (Å²) in [5.41, 5.74) is 5.99. The Morgan fingerprint density at radius 1 is 1.36 bits per heavy atom. The maximum Gasteiger partial charge on any atom is 0.259 e. The summed E-state index contributed by atoms with van der Waals surface area (Å²) in [7, 11) is -2.20. The van der Waals surface area contributed by atoms with Gasteiger partial charge in [-0.05, 0) is 37.1 Å². The topological polar surface area (TPSA) is 124 Å². The molecule has 0 bridgehead atoms. The summed E-state index contributed by atoms with van der Waals surface area (Å²) in [6.45, 7) is 0.178. The third kappa shape index (κ3) is 4.01. The van der Waals surface area contributed by atoms with Crippen LogP contribution >= 0.6 is 0 Å². The van der Waals surface area contributed by atoms with Crippen molar-refractivity contribution in [2.24, 2.45) is 5.73 Å². The maximum atomic E-state index is 12.3. The minimum atomic E-state index is -3.64. The zero-order valence-corrected chi connectivity index (χ0v) is 14.4. The van der Waals surface area contributed by atoms with Gasteiger partial charge in [-0.25, -0.2) is 13.1 Å². The van der Waals surface area contributed by atoms with Crippen LogP contribution in [-0.4, -0.2) is 27.5 Å². The molecule has 1 aliphatic carbocycles. The number of hydrogen-bond donors (Lipinski definition) is 3. The van der Waals surface area contributed by atoms with Crippen molar-refractivity contribution >= 4 is 21.6 Å². The number of furan rings is 1. The van der Waals surface area contributed by atoms with Crippen LogP contribution in [0.25, 0.3) is 0 Å². The molecule has 0 saturated heterocycles. The van der Waals surface area contributed by atoms with Crippen molar-refractivity contribution in [1.29, 1.82) is 0 Å². The third-order valence-corrected chi connectivity index (χ3v) is 5.26. The lowest BCUT2D eigenvalue weighted by atomic mass is 10.2. The monoisotopic (exact) mass is 365 g/mol. The van der Waals surface area contributed by atoms with Crippen LogP contribution in [-0.2, 0) is 16.6 Å². The molecule has 1 amide bonds. The van der Waals surface area contributed by atoms with Crippen LogP contribution in [0.1, 0.15) is 29.0 Å². The second kappa shape index (κ2) is 6.87. The van der Waals surface area contributed by atoms with Crippen LogP contribution in [0.5, 0.6) is 5.75 Å². The molecule has 0 spiro atoms. The fourth-order valence-corrected chi connectivity index (χ4v) is 3.57. The number of anilines is 1. The molecule has 134 valence electrons. The van der Waals surface area contributed by atoms with E-state index in [1.807, 2.05) is 0 Å². The molecule has 1 heterocycles. The molecule has 1 fully saturated rings. The third-order valence-electron chi connectivity index (χ3n) is 3.75. The molecule has 1 saturated carbocycles. The summed E-state index contributed by atoms with van der Waals surface area (Å²) in [6, 6.07) is 5.81. The van der Waals surface area contributed by atoms with Crippen LogP contribution in [0.3, 0.4) is 0 Å². The van der Waals surface area contributed by atoms with Gasteiger partial charge < -0.3 is 20.2 Å². The standard InChI is InChI=1S/C16H19N3O5S/c1-23-15-5-4-13(25(21,22)19-11-2-3-11)7-14(15)18-16(20)10-6-12(8-17)24-9-10/h4-7,9,11,19H,2-3,8,17H2,1H3,(H,18,20). The summed E-state index contributed by atoms with van der Waals surface area (Å²) < 4.78 is 37.6. The molecule has 8 nitrogen and oxygen atoms in total. The van der Waals surface area contributed by atoms with Crippen molar-refractivity contribution in [3.05, 3.63) is 41.9 Å². The number of carbonyl (C=O) groups excluding carboxylic acids is 1. The van der Waals surface area contributed by atoms with E-state index >= 15 is 0 Å². The minimum absolute atomic E-state index is 0.00856. The summed E-state index contributed by atoms with van der Waals surface area (Å²) in [5.74, 6) is 0.370. The Labute approximate surface area is 145 Å². The molecule has 0 atom stereocenters. The summed E-state index contributed by atoms with van der Waals surface area (Å²) >= 11 is 0. The molecule has 2 aromatic rings. The van der Waals surface area contributed by atoms with Gasteiger partial charge in [0, 0.05) is 6.04 Å². The van der Waals surface area contributed by atoms with E-state index in [-0.39, 0.29) is 28.7 Å². The molecule has 25 heavy (non-hydrogen) atoms. The van der Waals surface area contributed by atoms with Gasteiger partial charge in [0.05, 0.1) is 29.8 Å². The number of hydrogen-bond acceptors (Lipinski definition) is 6. The van der Waals surface area contributed by atoms with E-state index in [4.69, 9.17) is 14.9 Å². The van der Waals surface area contributed by atoms with Crippen molar-refractivity contribution in [2.75, 3.05) is 12.4 Å². The highest BCUT2D eigenvalue weighted by Crippen LogP contribution is 2.29. The summed E-state index contributed by atoms with van der Waals surface area (Å²) in [4.78, 5) is 12.4. The molecule has 4 N–H and O–H groups in total. The Morgan fingerprint density at radius 3 is 2.72 bits per heavy atom. The molecule has 1 aromatic carbocycles. The van der Waals surface area contributed by atoms with E-state index in [1.54, 1.807) is 0 Å². The average molecular weight is 365 g/mol. The Kier molecular flexibility index (Phi) is 4.80. The van der Waals surface area contributed by atoms with E-state index in [0.717, 1.165) is 12.8 Å². The van der Waals surface area contributed by atoms with Gasteiger partial charge in [0.1, 0.15) is 17.8 Å².